The van der Waals surface area contributed by atoms with Crippen LogP contribution in [0.5, 0.6) is 5.75 Å². The largest absolute Gasteiger partial charge is 0.481 e. The summed E-state index contributed by atoms with van der Waals surface area (Å²) in [7, 11) is 0. The van der Waals surface area contributed by atoms with Gasteiger partial charge in [-0.1, -0.05) is 29.8 Å². The molecule has 1 aliphatic rings. The second kappa shape index (κ2) is 9.56. The molecule has 0 bridgehead atoms. The fourth-order valence-corrected chi connectivity index (χ4v) is 3.31. The quantitative estimate of drug-likeness (QED) is 0.749. The van der Waals surface area contributed by atoms with Crippen molar-refractivity contribution in [1.29, 1.82) is 0 Å². The van der Waals surface area contributed by atoms with Crippen LogP contribution in [0.1, 0.15) is 41.3 Å². The van der Waals surface area contributed by atoms with Crippen LogP contribution in [0.3, 0.4) is 0 Å². The van der Waals surface area contributed by atoms with Gasteiger partial charge in [-0.2, -0.15) is 0 Å². The Morgan fingerprint density at radius 2 is 2.00 bits per heavy atom. The molecule has 0 unspecified atom stereocenters. The molecule has 6 heteroatoms. The number of hydrogen-bond acceptors (Lipinski definition) is 4. The number of nitrogens with one attached hydrogen (secondary N) is 2. The van der Waals surface area contributed by atoms with Gasteiger partial charge in [-0.15, -0.1) is 0 Å². The van der Waals surface area contributed by atoms with Crippen LogP contribution in [0.15, 0.2) is 42.5 Å². The van der Waals surface area contributed by atoms with Crippen molar-refractivity contribution in [3.05, 3.63) is 59.2 Å². The van der Waals surface area contributed by atoms with Crippen LogP contribution >= 0.6 is 0 Å². The molecular formula is C23H28N2O4. The zero-order chi connectivity index (χ0) is 20.8. The zero-order valence-electron chi connectivity index (χ0n) is 17.2. The molecule has 3 rings (SSSR count). The Hall–Kier alpha value is -2.86. The van der Waals surface area contributed by atoms with E-state index in [2.05, 4.69) is 10.6 Å². The van der Waals surface area contributed by atoms with Gasteiger partial charge in [0.15, 0.2) is 6.10 Å². The van der Waals surface area contributed by atoms with Gasteiger partial charge in [0, 0.05) is 13.2 Å². The van der Waals surface area contributed by atoms with Crippen LogP contribution in [0.4, 0.5) is 5.69 Å². The highest BCUT2D eigenvalue weighted by Gasteiger charge is 2.21. The molecule has 2 aromatic rings. The van der Waals surface area contributed by atoms with Crippen molar-refractivity contribution in [3.8, 4) is 5.75 Å². The van der Waals surface area contributed by atoms with Gasteiger partial charge in [0.1, 0.15) is 5.75 Å². The second-order valence-electron chi connectivity index (χ2n) is 7.41. The average molecular weight is 396 g/mol. The summed E-state index contributed by atoms with van der Waals surface area (Å²) in [5.74, 6) is 0.115. The van der Waals surface area contributed by atoms with Crippen molar-refractivity contribution in [2.45, 2.75) is 45.8 Å². The van der Waals surface area contributed by atoms with Crippen LogP contribution in [0.25, 0.3) is 0 Å². The summed E-state index contributed by atoms with van der Waals surface area (Å²) in [5, 5.41) is 5.70. The summed E-state index contributed by atoms with van der Waals surface area (Å²) in [6.45, 7) is 6.85. The third-order valence-electron chi connectivity index (χ3n) is 4.95. The Balaban J connectivity index is 1.62. The molecule has 154 valence electrons. The van der Waals surface area contributed by atoms with Gasteiger partial charge in [-0.25, -0.2) is 0 Å². The Kier molecular flexibility index (Phi) is 6.88. The number of para-hydroxylation sites is 1. The molecule has 2 N–H and O–H groups in total. The Morgan fingerprint density at radius 3 is 2.72 bits per heavy atom. The molecule has 6 nitrogen and oxygen atoms in total. The average Bonchev–Trinajstić information content (AvgIpc) is 3.22. The lowest BCUT2D eigenvalue weighted by molar-refractivity contribution is -0.122. The standard InChI is InChI=1S/C23H28N2O4/c1-15-10-11-21(16(2)13-15)29-17(3)22(26)25-20-9-5-4-8-19(20)23(27)24-14-18-7-6-12-28-18/h4-5,8-11,13,17-18H,6-7,12,14H2,1-3H3,(H,24,27)(H,25,26)/t17-,18+/m0/s1. The topological polar surface area (TPSA) is 76.7 Å². The Morgan fingerprint density at radius 1 is 1.21 bits per heavy atom. The van der Waals surface area contributed by atoms with E-state index in [-0.39, 0.29) is 17.9 Å². The predicted octanol–water partition coefficient (Wildman–Crippen LogP) is 3.62. The molecule has 0 aromatic heterocycles. The molecule has 0 aliphatic carbocycles. The zero-order valence-corrected chi connectivity index (χ0v) is 17.2. The van der Waals surface area contributed by atoms with Crippen LogP contribution in [0, 0.1) is 13.8 Å². The maximum absolute atomic E-state index is 12.6. The van der Waals surface area contributed by atoms with E-state index in [9.17, 15) is 9.59 Å². The summed E-state index contributed by atoms with van der Waals surface area (Å²) in [5.41, 5.74) is 2.98. The normalized spacial score (nSPS) is 16.9. The van der Waals surface area contributed by atoms with E-state index >= 15 is 0 Å². The highest BCUT2D eigenvalue weighted by atomic mass is 16.5. The minimum Gasteiger partial charge on any atom is -0.481 e. The van der Waals surface area contributed by atoms with Crippen LogP contribution in [-0.2, 0) is 9.53 Å². The lowest BCUT2D eigenvalue weighted by Gasteiger charge is -2.18. The van der Waals surface area contributed by atoms with Gasteiger partial charge in [0.2, 0.25) is 0 Å². The number of ether oxygens (including phenoxy) is 2. The van der Waals surface area contributed by atoms with Gasteiger partial charge in [0.05, 0.1) is 17.4 Å². The smallest absolute Gasteiger partial charge is 0.265 e. The van der Waals surface area contributed by atoms with Crippen LogP contribution in [0.2, 0.25) is 0 Å². The molecule has 2 atom stereocenters. The maximum Gasteiger partial charge on any atom is 0.265 e. The summed E-state index contributed by atoms with van der Waals surface area (Å²) in [6.07, 6.45) is 1.32. The van der Waals surface area contributed by atoms with Gasteiger partial charge < -0.3 is 20.1 Å². The Labute approximate surface area is 171 Å². The van der Waals surface area contributed by atoms with Crippen molar-refractivity contribution >= 4 is 17.5 Å². The molecule has 0 spiro atoms. The second-order valence-corrected chi connectivity index (χ2v) is 7.41. The fourth-order valence-electron chi connectivity index (χ4n) is 3.31. The molecule has 2 aromatic carbocycles. The van der Waals surface area contributed by atoms with Crippen molar-refractivity contribution in [3.63, 3.8) is 0 Å². The third-order valence-corrected chi connectivity index (χ3v) is 4.95. The van der Waals surface area contributed by atoms with Crippen molar-refractivity contribution in [1.82, 2.24) is 5.32 Å². The fraction of sp³-hybridized carbons (Fsp3) is 0.391. The highest BCUT2D eigenvalue weighted by Crippen LogP contribution is 2.21. The van der Waals surface area contributed by atoms with Gasteiger partial charge in [-0.05, 0) is 57.4 Å². The molecule has 0 saturated carbocycles. The third kappa shape index (κ3) is 5.57. The number of amides is 2. The monoisotopic (exact) mass is 396 g/mol. The molecule has 1 heterocycles. The molecule has 2 amide bonds. The summed E-state index contributed by atoms with van der Waals surface area (Å²) < 4.78 is 11.4. The van der Waals surface area contributed by atoms with Gasteiger partial charge in [0.25, 0.3) is 11.8 Å². The molecule has 29 heavy (non-hydrogen) atoms. The highest BCUT2D eigenvalue weighted by molar-refractivity contribution is 6.04. The van der Waals surface area contributed by atoms with E-state index in [0.717, 1.165) is 30.6 Å². The summed E-state index contributed by atoms with van der Waals surface area (Å²) in [4.78, 5) is 25.2. The van der Waals surface area contributed by atoms with Gasteiger partial charge >= 0.3 is 0 Å². The maximum atomic E-state index is 12.6. The summed E-state index contributed by atoms with van der Waals surface area (Å²) in [6, 6.07) is 12.8. The van der Waals surface area contributed by atoms with Crippen LogP contribution < -0.4 is 15.4 Å². The molecule has 1 fully saturated rings. The number of hydrogen-bond donors (Lipinski definition) is 2. The van der Waals surface area contributed by atoms with E-state index in [0.29, 0.717) is 23.5 Å². The number of carbonyl (C=O) groups is 2. The van der Waals surface area contributed by atoms with Crippen molar-refractivity contribution in [2.75, 3.05) is 18.5 Å². The molecular weight excluding hydrogens is 368 g/mol. The van der Waals surface area contributed by atoms with E-state index < -0.39 is 6.10 Å². The SMILES string of the molecule is Cc1ccc(O[C@@H](C)C(=O)Nc2ccccc2C(=O)NC[C@H]2CCCO2)c(C)c1. The first-order valence-corrected chi connectivity index (χ1v) is 9.97. The number of aryl methyl sites for hydroxylation is 2. The summed E-state index contributed by atoms with van der Waals surface area (Å²) >= 11 is 0. The first-order chi connectivity index (χ1) is 13.9. The van der Waals surface area contributed by atoms with E-state index in [1.165, 1.54) is 0 Å². The molecule has 1 saturated heterocycles. The molecule has 0 radical (unpaired) electrons. The molecule has 1 aliphatic heterocycles. The Bertz CT molecular complexity index is 875. The van der Waals surface area contributed by atoms with E-state index in [4.69, 9.17) is 9.47 Å². The lowest BCUT2D eigenvalue weighted by Crippen LogP contribution is -2.34. The van der Waals surface area contributed by atoms with Gasteiger partial charge in [-0.3, -0.25) is 9.59 Å². The van der Waals surface area contributed by atoms with Crippen LogP contribution in [-0.4, -0.2) is 37.2 Å². The van der Waals surface area contributed by atoms with Crippen molar-refractivity contribution < 1.29 is 19.1 Å². The number of benzene rings is 2. The number of carbonyl (C=O) groups excluding carboxylic acids is 2. The first-order valence-electron chi connectivity index (χ1n) is 9.97. The lowest BCUT2D eigenvalue weighted by atomic mass is 10.1. The first kappa shape index (κ1) is 20.9. The minimum atomic E-state index is -0.709. The number of anilines is 1. The van der Waals surface area contributed by atoms with E-state index in [1.54, 1.807) is 31.2 Å². The van der Waals surface area contributed by atoms with Crippen molar-refractivity contribution in [2.24, 2.45) is 0 Å². The number of rotatable bonds is 7. The predicted molar refractivity (Wildman–Crippen MR) is 112 cm³/mol. The minimum absolute atomic E-state index is 0.0619. The van der Waals surface area contributed by atoms with E-state index in [1.807, 2.05) is 32.0 Å².